The molecule has 1 N–H and O–H groups in total. The minimum absolute atomic E-state index is 0.0567. The molecule has 0 radical (unpaired) electrons. The van der Waals surface area contributed by atoms with E-state index in [1.165, 1.54) is 37.3 Å². The number of carbonyl (C=O) groups excluding carboxylic acids is 2. The highest BCUT2D eigenvalue weighted by molar-refractivity contribution is 7.92. The number of nitrogens with zero attached hydrogens (tertiary/aromatic N) is 2. The summed E-state index contributed by atoms with van der Waals surface area (Å²) >= 11 is 0. The maximum Gasteiger partial charge on any atom is 0.264 e. The maximum atomic E-state index is 14.2. The van der Waals surface area contributed by atoms with Gasteiger partial charge in [-0.2, -0.15) is 0 Å². The number of nitrogens with one attached hydrogen (secondary N) is 1. The number of anilines is 1. The topological polar surface area (TPSA) is 105 Å². The highest BCUT2D eigenvalue weighted by Gasteiger charge is 2.33. The standard InChI is InChI=1S/C33H43N3O6S/c1-6-8-21-34-33(38)29(7-2)35(22-20-26-12-10-9-11-13-26)32(37)24-36(27-16-14-25(3)15-17-27)43(39,40)28-18-19-30(41-4)31(23-28)42-5/h9-19,23,29H,6-8,20-22,24H2,1-5H3,(H,34,38). The van der Waals surface area contributed by atoms with Crippen LogP contribution in [0.3, 0.4) is 0 Å². The summed E-state index contributed by atoms with van der Waals surface area (Å²) in [5, 5.41) is 2.95. The molecule has 2 amide bonds. The molecule has 0 aliphatic carbocycles. The van der Waals surface area contributed by atoms with Crippen LogP contribution in [-0.2, 0) is 26.0 Å². The minimum Gasteiger partial charge on any atom is -0.493 e. The first-order valence-corrected chi connectivity index (χ1v) is 16.0. The van der Waals surface area contributed by atoms with E-state index in [2.05, 4.69) is 5.32 Å². The summed E-state index contributed by atoms with van der Waals surface area (Å²) in [7, 11) is -1.35. The van der Waals surface area contributed by atoms with E-state index in [9.17, 15) is 18.0 Å². The first-order valence-electron chi connectivity index (χ1n) is 14.6. The van der Waals surface area contributed by atoms with Crippen LogP contribution in [0.4, 0.5) is 5.69 Å². The number of rotatable bonds is 16. The zero-order valence-corrected chi connectivity index (χ0v) is 26.5. The van der Waals surface area contributed by atoms with Crippen molar-refractivity contribution in [3.8, 4) is 11.5 Å². The summed E-state index contributed by atoms with van der Waals surface area (Å²) < 4.78 is 40.0. The predicted octanol–water partition coefficient (Wildman–Crippen LogP) is 4.97. The van der Waals surface area contributed by atoms with E-state index >= 15 is 0 Å². The van der Waals surface area contributed by atoms with Gasteiger partial charge in [-0.3, -0.25) is 13.9 Å². The van der Waals surface area contributed by atoms with Crippen molar-refractivity contribution in [3.63, 3.8) is 0 Å². The summed E-state index contributed by atoms with van der Waals surface area (Å²) in [5.41, 5.74) is 2.28. The molecule has 0 heterocycles. The molecule has 43 heavy (non-hydrogen) atoms. The van der Waals surface area contributed by atoms with Crippen molar-refractivity contribution in [2.45, 2.75) is 57.4 Å². The smallest absolute Gasteiger partial charge is 0.264 e. The third-order valence-electron chi connectivity index (χ3n) is 7.24. The summed E-state index contributed by atoms with van der Waals surface area (Å²) in [6.45, 7) is 6.06. The number of aryl methyl sites for hydroxylation is 1. The van der Waals surface area contributed by atoms with Gasteiger partial charge in [0.15, 0.2) is 11.5 Å². The molecular weight excluding hydrogens is 566 g/mol. The fourth-order valence-corrected chi connectivity index (χ4v) is 6.18. The molecule has 0 aliphatic heterocycles. The van der Waals surface area contributed by atoms with Crippen LogP contribution >= 0.6 is 0 Å². The number of carbonyl (C=O) groups is 2. The number of sulfonamides is 1. The molecule has 0 saturated heterocycles. The Bertz CT molecular complexity index is 1450. The molecule has 1 atom stereocenters. The minimum atomic E-state index is -4.24. The highest BCUT2D eigenvalue weighted by atomic mass is 32.2. The van der Waals surface area contributed by atoms with Crippen molar-refractivity contribution in [1.29, 1.82) is 0 Å². The summed E-state index contributed by atoms with van der Waals surface area (Å²) in [6.07, 6.45) is 2.64. The van der Waals surface area contributed by atoms with Gasteiger partial charge in [-0.15, -0.1) is 0 Å². The van der Waals surface area contributed by atoms with Crippen LogP contribution in [0.15, 0.2) is 77.7 Å². The number of unbranched alkanes of at least 4 members (excludes halogenated alkanes) is 1. The Kier molecular flexibility index (Phi) is 12.4. The van der Waals surface area contributed by atoms with E-state index < -0.39 is 28.5 Å². The van der Waals surface area contributed by atoms with Crippen molar-refractivity contribution >= 4 is 27.5 Å². The second-order valence-corrected chi connectivity index (χ2v) is 12.1. The molecule has 232 valence electrons. The molecule has 0 aliphatic rings. The van der Waals surface area contributed by atoms with Crippen molar-refractivity contribution in [2.75, 3.05) is 38.2 Å². The Morgan fingerprint density at radius 3 is 2.19 bits per heavy atom. The first-order chi connectivity index (χ1) is 20.7. The van der Waals surface area contributed by atoms with Crippen LogP contribution in [0.5, 0.6) is 11.5 Å². The zero-order chi connectivity index (χ0) is 31.4. The van der Waals surface area contributed by atoms with Crippen LogP contribution in [0.1, 0.15) is 44.2 Å². The summed E-state index contributed by atoms with van der Waals surface area (Å²) in [4.78, 5) is 28.9. The second-order valence-electron chi connectivity index (χ2n) is 10.3. The van der Waals surface area contributed by atoms with Gasteiger partial charge in [0.25, 0.3) is 10.0 Å². The van der Waals surface area contributed by atoms with Crippen LogP contribution in [0.2, 0.25) is 0 Å². The first kappa shape index (κ1) is 33.5. The number of amides is 2. The molecule has 0 bridgehead atoms. The monoisotopic (exact) mass is 609 g/mol. The second kappa shape index (κ2) is 16.0. The highest BCUT2D eigenvalue weighted by Crippen LogP contribution is 2.32. The molecule has 10 heteroatoms. The Hall–Kier alpha value is -4.05. The lowest BCUT2D eigenvalue weighted by Gasteiger charge is -2.33. The van der Waals surface area contributed by atoms with Gasteiger partial charge in [0.1, 0.15) is 12.6 Å². The van der Waals surface area contributed by atoms with E-state index in [1.54, 1.807) is 24.3 Å². The van der Waals surface area contributed by atoms with Crippen LogP contribution in [0, 0.1) is 6.92 Å². The van der Waals surface area contributed by atoms with E-state index in [1.807, 2.05) is 51.1 Å². The quantitative estimate of drug-likeness (QED) is 0.230. The number of hydrogen-bond acceptors (Lipinski definition) is 6. The molecular formula is C33H43N3O6S. The van der Waals surface area contributed by atoms with Gasteiger partial charge in [0.05, 0.1) is 24.8 Å². The van der Waals surface area contributed by atoms with Crippen molar-refractivity contribution < 1.29 is 27.5 Å². The largest absolute Gasteiger partial charge is 0.493 e. The van der Waals surface area contributed by atoms with Crippen molar-refractivity contribution in [2.24, 2.45) is 0 Å². The van der Waals surface area contributed by atoms with Gasteiger partial charge >= 0.3 is 0 Å². The van der Waals surface area contributed by atoms with Gasteiger partial charge < -0.3 is 19.7 Å². The van der Waals surface area contributed by atoms with Crippen LogP contribution < -0.4 is 19.1 Å². The lowest BCUT2D eigenvalue weighted by atomic mass is 10.1. The molecule has 3 aromatic carbocycles. The van der Waals surface area contributed by atoms with E-state index in [4.69, 9.17) is 9.47 Å². The predicted molar refractivity (Wildman–Crippen MR) is 169 cm³/mol. The van der Waals surface area contributed by atoms with Crippen LogP contribution in [0.25, 0.3) is 0 Å². The van der Waals surface area contributed by atoms with E-state index in [-0.39, 0.29) is 23.1 Å². The number of ether oxygens (including phenoxy) is 2. The number of methoxy groups -OCH3 is 2. The van der Waals surface area contributed by atoms with Crippen LogP contribution in [-0.4, -0.2) is 65.0 Å². The molecule has 3 rings (SSSR count). The average Bonchev–Trinajstić information content (AvgIpc) is 3.02. The molecule has 0 spiro atoms. The molecule has 3 aromatic rings. The third kappa shape index (κ3) is 8.73. The van der Waals surface area contributed by atoms with E-state index in [0.717, 1.165) is 28.3 Å². The molecule has 0 aromatic heterocycles. The lowest BCUT2D eigenvalue weighted by Crippen LogP contribution is -2.53. The maximum absolute atomic E-state index is 14.2. The Morgan fingerprint density at radius 2 is 1.58 bits per heavy atom. The Balaban J connectivity index is 2.02. The van der Waals surface area contributed by atoms with Gasteiger partial charge in [-0.05, 0) is 56.0 Å². The van der Waals surface area contributed by atoms with Gasteiger partial charge in [-0.1, -0.05) is 68.3 Å². The molecule has 9 nitrogen and oxygen atoms in total. The summed E-state index contributed by atoms with van der Waals surface area (Å²) in [5.74, 6) is -0.0931. The van der Waals surface area contributed by atoms with E-state index in [0.29, 0.717) is 30.8 Å². The molecule has 1 unspecified atom stereocenters. The number of hydrogen-bond donors (Lipinski definition) is 1. The molecule has 0 fully saturated rings. The Labute approximate surface area is 255 Å². The lowest BCUT2D eigenvalue weighted by molar-refractivity contribution is -0.139. The third-order valence-corrected chi connectivity index (χ3v) is 9.01. The van der Waals surface area contributed by atoms with Crippen molar-refractivity contribution in [1.82, 2.24) is 10.2 Å². The van der Waals surface area contributed by atoms with Gasteiger partial charge in [0.2, 0.25) is 11.8 Å². The summed E-state index contributed by atoms with van der Waals surface area (Å²) in [6, 6.07) is 20.2. The number of benzene rings is 3. The van der Waals surface area contributed by atoms with Crippen molar-refractivity contribution in [3.05, 3.63) is 83.9 Å². The average molecular weight is 610 g/mol. The SMILES string of the molecule is CCCCNC(=O)C(CC)N(CCc1ccccc1)C(=O)CN(c1ccc(C)cc1)S(=O)(=O)c1ccc(OC)c(OC)c1. The zero-order valence-electron chi connectivity index (χ0n) is 25.7. The van der Waals surface area contributed by atoms with Gasteiger partial charge in [0, 0.05) is 19.2 Å². The fraction of sp³-hybridized carbons (Fsp3) is 0.394. The normalized spacial score (nSPS) is 11.8. The molecule has 0 saturated carbocycles. The fourth-order valence-electron chi connectivity index (χ4n) is 4.75. The van der Waals surface area contributed by atoms with Gasteiger partial charge in [-0.25, -0.2) is 8.42 Å². The Morgan fingerprint density at radius 1 is 0.907 bits per heavy atom.